The second-order valence-electron chi connectivity index (χ2n) is 13.0. The highest BCUT2D eigenvalue weighted by Gasteiger charge is 2.35. The van der Waals surface area contributed by atoms with Gasteiger partial charge in [-0.3, -0.25) is 23.9 Å². The SMILES string of the molecule is CC(C)n1nccc1C(=O)N[C@H](C(=O)Nc1ccc([C@H](C)[C@@H](NC(=O)c2cnns2)C(=O)N2CCN(C)CC2)cc1F)C1CCCCC1. The summed E-state index contributed by atoms with van der Waals surface area (Å²) in [6, 6.07) is 4.10. The third-order valence-electron chi connectivity index (χ3n) is 9.31. The average Bonchev–Trinajstić information content (AvgIpc) is 3.81. The third-order valence-corrected chi connectivity index (χ3v) is 9.98. The van der Waals surface area contributed by atoms with Gasteiger partial charge in [0.15, 0.2) is 0 Å². The lowest BCUT2D eigenvalue weighted by Crippen LogP contribution is -2.55. The zero-order valence-electron chi connectivity index (χ0n) is 27.8. The van der Waals surface area contributed by atoms with Gasteiger partial charge in [0.25, 0.3) is 11.8 Å². The van der Waals surface area contributed by atoms with Crippen LogP contribution < -0.4 is 16.0 Å². The number of halogens is 1. The lowest BCUT2D eigenvalue weighted by Gasteiger charge is -2.36. The molecule has 0 radical (unpaired) electrons. The zero-order valence-corrected chi connectivity index (χ0v) is 28.6. The number of anilines is 1. The van der Waals surface area contributed by atoms with E-state index in [4.69, 9.17) is 0 Å². The molecule has 1 saturated carbocycles. The van der Waals surface area contributed by atoms with Gasteiger partial charge < -0.3 is 25.8 Å². The largest absolute Gasteiger partial charge is 0.339 e. The monoisotopic (exact) mass is 681 g/mol. The van der Waals surface area contributed by atoms with Crippen LogP contribution in [-0.4, -0.2) is 98.1 Å². The summed E-state index contributed by atoms with van der Waals surface area (Å²) >= 11 is 0.920. The maximum atomic E-state index is 15.7. The molecule has 1 aromatic carbocycles. The van der Waals surface area contributed by atoms with Crippen molar-refractivity contribution < 1.29 is 23.6 Å². The first-order valence-corrected chi connectivity index (χ1v) is 17.3. The molecule has 48 heavy (non-hydrogen) atoms. The van der Waals surface area contributed by atoms with Gasteiger partial charge in [0.1, 0.15) is 28.5 Å². The molecule has 2 aliphatic rings. The molecule has 1 saturated heterocycles. The van der Waals surface area contributed by atoms with Crippen LogP contribution in [0, 0.1) is 11.7 Å². The van der Waals surface area contributed by atoms with Gasteiger partial charge in [0.2, 0.25) is 11.8 Å². The quantitative estimate of drug-likeness (QED) is 0.278. The van der Waals surface area contributed by atoms with Crippen molar-refractivity contribution in [2.24, 2.45) is 5.92 Å². The van der Waals surface area contributed by atoms with Crippen molar-refractivity contribution in [1.29, 1.82) is 0 Å². The number of hydrogen-bond acceptors (Lipinski definition) is 9. The summed E-state index contributed by atoms with van der Waals surface area (Å²) in [7, 11) is 1.98. The minimum absolute atomic E-state index is 0.0417. The normalized spacial score (nSPS) is 17.8. The molecule has 15 heteroatoms. The predicted octanol–water partition coefficient (Wildman–Crippen LogP) is 3.45. The van der Waals surface area contributed by atoms with Crippen molar-refractivity contribution in [3.8, 4) is 0 Å². The van der Waals surface area contributed by atoms with Crippen LogP contribution in [0.3, 0.4) is 0 Å². The number of aromatic nitrogens is 4. The Labute approximate surface area is 283 Å². The highest BCUT2D eigenvalue weighted by molar-refractivity contribution is 7.07. The van der Waals surface area contributed by atoms with E-state index in [-0.39, 0.29) is 28.4 Å². The summed E-state index contributed by atoms with van der Waals surface area (Å²) in [5.41, 5.74) is 0.780. The number of nitrogens with one attached hydrogen (secondary N) is 3. The molecule has 2 fully saturated rings. The van der Waals surface area contributed by atoms with Gasteiger partial charge in [0.05, 0.1) is 11.9 Å². The lowest BCUT2D eigenvalue weighted by molar-refractivity contribution is -0.135. The Bertz CT molecular complexity index is 1580. The van der Waals surface area contributed by atoms with Crippen molar-refractivity contribution in [1.82, 2.24) is 39.8 Å². The first-order valence-electron chi connectivity index (χ1n) is 16.5. The molecule has 2 aromatic heterocycles. The van der Waals surface area contributed by atoms with Crippen LogP contribution in [0.2, 0.25) is 0 Å². The van der Waals surface area contributed by atoms with Crippen molar-refractivity contribution >= 4 is 40.8 Å². The Kier molecular flexibility index (Phi) is 11.5. The van der Waals surface area contributed by atoms with E-state index < -0.39 is 41.5 Å². The van der Waals surface area contributed by atoms with Crippen molar-refractivity contribution in [2.75, 3.05) is 38.5 Å². The number of piperazine rings is 1. The van der Waals surface area contributed by atoms with Crippen LogP contribution in [0.25, 0.3) is 0 Å². The molecule has 13 nitrogen and oxygen atoms in total. The number of carbonyl (C=O) groups is 4. The molecule has 0 spiro atoms. The Morgan fingerprint density at radius 3 is 2.33 bits per heavy atom. The summed E-state index contributed by atoms with van der Waals surface area (Å²) < 4.78 is 21.1. The number of benzene rings is 1. The molecule has 3 N–H and O–H groups in total. The average molecular weight is 682 g/mol. The first-order chi connectivity index (χ1) is 23.0. The molecular formula is C33H44FN9O4S. The minimum Gasteiger partial charge on any atom is -0.339 e. The Balaban J connectivity index is 1.34. The van der Waals surface area contributed by atoms with Crippen molar-refractivity contribution in [3.05, 3.63) is 58.6 Å². The molecule has 1 aliphatic carbocycles. The topological polar surface area (TPSA) is 154 Å². The molecule has 4 amide bonds. The highest BCUT2D eigenvalue weighted by Crippen LogP contribution is 2.29. The van der Waals surface area contributed by atoms with E-state index >= 15 is 4.39 Å². The van der Waals surface area contributed by atoms with Gasteiger partial charge in [-0.1, -0.05) is 36.7 Å². The summed E-state index contributed by atoms with van der Waals surface area (Å²) in [6.45, 7) is 8.01. The molecule has 3 aromatic rings. The smallest absolute Gasteiger partial charge is 0.270 e. The van der Waals surface area contributed by atoms with Crippen LogP contribution in [-0.2, 0) is 9.59 Å². The Morgan fingerprint density at radius 1 is 0.958 bits per heavy atom. The minimum atomic E-state index is -0.979. The van der Waals surface area contributed by atoms with Crippen LogP contribution in [0.1, 0.15) is 90.6 Å². The zero-order chi connectivity index (χ0) is 34.4. The lowest BCUT2D eigenvalue weighted by atomic mass is 9.83. The van der Waals surface area contributed by atoms with Gasteiger partial charge >= 0.3 is 0 Å². The molecule has 258 valence electrons. The Morgan fingerprint density at radius 2 is 1.69 bits per heavy atom. The predicted molar refractivity (Wildman–Crippen MR) is 179 cm³/mol. The number of carbonyl (C=O) groups excluding carboxylic acids is 4. The standard InChI is InChI=1S/C33H44FN9O4S/c1-20(2)43-26(12-13-36-43)30(44)39-29(22-8-6-5-7-9-22)32(46)37-25-11-10-23(18-24(25)34)21(3)28(38-31(45)27-19-35-40-48-27)33(47)42-16-14-41(4)15-17-42/h10-13,18-22,28-29H,5-9,14-17H2,1-4H3,(H,37,46)(H,38,45)(H,39,44)/t21-,28+,29-/m0/s1. The van der Waals surface area contributed by atoms with Gasteiger partial charge in [0, 0.05) is 44.3 Å². The van der Waals surface area contributed by atoms with Gasteiger partial charge in [-0.2, -0.15) is 5.10 Å². The molecule has 1 aliphatic heterocycles. The highest BCUT2D eigenvalue weighted by atomic mass is 32.1. The van der Waals surface area contributed by atoms with Crippen LogP contribution in [0.5, 0.6) is 0 Å². The van der Waals surface area contributed by atoms with Crippen LogP contribution in [0.15, 0.2) is 36.7 Å². The van der Waals surface area contributed by atoms with E-state index in [9.17, 15) is 19.2 Å². The molecular weight excluding hydrogens is 637 g/mol. The number of amides is 4. The number of rotatable bonds is 11. The van der Waals surface area contributed by atoms with Crippen LogP contribution >= 0.6 is 11.5 Å². The van der Waals surface area contributed by atoms with Gasteiger partial charge in [-0.15, -0.1) is 5.10 Å². The van der Waals surface area contributed by atoms with Gasteiger partial charge in [-0.25, -0.2) is 4.39 Å². The molecule has 0 bridgehead atoms. The molecule has 0 unspecified atom stereocenters. The maximum Gasteiger partial charge on any atom is 0.270 e. The number of likely N-dealkylation sites (N-methyl/N-ethyl adjacent to an activating group) is 1. The third kappa shape index (κ3) is 8.24. The second-order valence-corrected chi connectivity index (χ2v) is 13.8. The fourth-order valence-corrected chi connectivity index (χ4v) is 6.83. The maximum absolute atomic E-state index is 15.7. The van der Waals surface area contributed by atoms with E-state index in [1.807, 2.05) is 20.9 Å². The summed E-state index contributed by atoms with van der Waals surface area (Å²) in [5, 5.41) is 16.4. The van der Waals surface area contributed by atoms with Gasteiger partial charge in [-0.05, 0) is 74.9 Å². The fourth-order valence-electron chi connectivity index (χ4n) is 6.41. The van der Waals surface area contributed by atoms with E-state index in [0.717, 1.165) is 43.6 Å². The number of nitrogens with zero attached hydrogens (tertiary/aromatic N) is 6. The first kappa shape index (κ1) is 35.1. The Hall–Kier alpha value is -4.24. The van der Waals surface area contributed by atoms with Crippen LogP contribution in [0.4, 0.5) is 10.1 Å². The number of hydrogen-bond donors (Lipinski definition) is 3. The summed E-state index contributed by atoms with van der Waals surface area (Å²) in [6.07, 6.45) is 7.37. The fraction of sp³-hybridized carbons (Fsp3) is 0.545. The summed E-state index contributed by atoms with van der Waals surface area (Å²) in [5.74, 6) is -3.06. The van der Waals surface area contributed by atoms with Crippen molar-refractivity contribution in [2.45, 2.75) is 76.9 Å². The van der Waals surface area contributed by atoms with E-state index in [1.165, 1.54) is 18.3 Å². The van der Waals surface area contributed by atoms with Crippen molar-refractivity contribution in [3.63, 3.8) is 0 Å². The summed E-state index contributed by atoms with van der Waals surface area (Å²) in [4.78, 5) is 57.9. The van der Waals surface area contributed by atoms with E-state index in [0.29, 0.717) is 37.4 Å². The molecule has 5 rings (SSSR count). The van der Waals surface area contributed by atoms with E-state index in [1.54, 1.807) is 34.8 Å². The second kappa shape index (κ2) is 15.8. The molecule has 3 heterocycles. The van der Waals surface area contributed by atoms with E-state index in [2.05, 4.69) is 35.5 Å². The molecule has 3 atom stereocenters.